The SMILES string of the molecule is Cc1ccc(CNC(=O)CC2CNCCO2)c(OC2CCCC2)c1.Cl. The lowest BCUT2D eigenvalue weighted by molar-refractivity contribution is -0.124. The van der Waals surface area contributed by atoms with Crippen LogP contribution in [0.25, 0.3) is 0 Å². The number of carbonyl (C=O) groups excluding carboxylic acids is 1. The van der Waals surface area contributed by atoms with E-state index in [2.05, 4.69) is 35.8 Å². The molecule has 2 N–H and O–H groups in total. The fraction of sp³-hybridized carbons (Fsp3) is 0.632. The number of morpholine rings is 1. The second kappa shape index (κ2) is 10.00. The molecular formula is C19H29ClN2O3. The van der Waals surface area contributed by atoms with Crippen molar-refractivity contribution in [2.45, 2.75) is 57.8 Å². The number of carbonyl (C=O) groups is 1. The smallest absolute Gasteiger partial charge is 0.222 e. The van der Waals surface area contributed by atoms with Crippen LogP contribution in [-0.4, -0.2) is 37.8 Å². The molecule has 1 heterocycles. The van der Waals surface area contributed by atoms with Gasteiger partial charge in [-0.1, -0.05) is 12.1 Å². The van der Waals surface area contributed by atoms with Gasteiger partial charge in [0.2, 0.25) is 5.91 Å². The first-order chi connectivity index (χ1) is 11.7. The van der Waals surface area contributed by atoms with E-state index in [-0.39, 0.29) is 24.4 Å². The molecule has 1 atom stereocenters. The van der Waals surface area contributed by atoms with Gasteiger partial charge in [0.1, 0.15) is 5.75 Å². The summed E-state index contributed by atoms with van der Waals surface area (Å²) in [6.45, 7) is 4.85. The predicted molar refractivity (Wildman–Crippen MR) is 100 cm³/mol. The molecule has 1 saturated carbocycles. The summed E-state index contributed by atoms with van der Waals surface area (Å²) < 4.78 is 11.8. The molecule has 1 unspecified atom stereocenters. The van der Waals surface area contributed by atoms with Gasteiger partial charge in [-0.25, -0.2) is 0 Å². The number of hydrogen-bond acceptors (Lipinski definition) is 4. The van der Waals surface area contributed by atoms with E-state index in [0.717, 1.165) is 37.2 Å². The highest BCUT2D eigenvalue weighted by Gasteiger charge is 2.19. The molecule has 2 fully saturated rings. The van der Waals surface area contributed by atoms with E-state index in [1.54, 1.807) is 0 Å². The Labute approximate surface area is 156 Å². The monoisotopic (exact) mass is 368 g/mol. The molecule has 5 nitrogen and oxygen atoms in total. The van der Waals surface area contributed by atoms with Crippen molar-refractivity contribution < 1.29 is 14.3 Å². The minimum absolute atomic E-state index is 0. The number of benzene rings is 1. The molecule has 1 aromatic rings. The van der Waals surface area contributed by atoms with Crippen LogP contribution in [0.3, 0.4) is 0 Å². The van der Waals surface area contributed by atoms with Gasteiger partial charge >= 0.3 is 0 Å². The third kappa shape index (κ3) is 6.17. The highest BCUT2D eigenvalue weighted by Crippen LogP contribution is 2.27. The molecule has 3 rings (SSSR count). The number of rotatable bonds is 6. The lowest BCUT2D eigenvalue weighted by atomic mass is 10.1. The average molecular weight is 369 g/mol. The quantitative estimate of drug-likeness (QED) is 0.810. The van der Waals surface area contributed by atoms with Gasteiger partial charge in [-0.15, -0.1) is 12.4 Å². The summed E-state index contributed by atoms with van der Waals surface area (Å²) in [6.07, 6.45) is 5.46. The van der Waals surface area contributed by atoms with E-state index in [1.165, 1.54) is 18.4 Å². The molecular weight excluding hydrogens is 340 g/mol. The lowest BCUT2D eigenvalue weighted by Crippen LogP contribution is -2.41. The highest BCUT2D eigenvalue weighted by atomic mass is 35.5. The van der Waals surface area contributed by atoms with Crippen molar-refractivity contribution in [3.63, 3.8) is 0 Å². The lowest BCUT2D eigenvalue weighted by Gasteiger charge is -2.23. The molecule has 1 saturated heterocycles. The van der Waals surface area contributed by atoms with Crippen molar-refractivity contribution >= 4 is 18.3 Å². The Morgan fingerprint density at radius 1 is 1.36 bits per heavy atom. The Kier molecular flexibility index (Phi) is 8.00. The van der Waals surface area contributed by atoms with E-state index in [0.29, 0.717) is 25.7 Å². The van der Waals surface area contributed by atoms with Crippen molar-refractivity contribution in [3.05, 3.63) is 29.3 Å². The fourth-order valence-electron chi connectivity index (χ4n) is 3.33. The number of nitrogens with one attached hydrogen (secondary N) is 2. The molecule has 0 aromatic heterocycles. The van der Waals surface area contributed by atoms with Crippen LogP contribution < -0.4 is 15.4 Å². The molecule has 2 aliphatic rings. The Balaban J connectivity index is 0.00000225. The molecule has 25 heavy (non-hydrogen) atoms. The van der Waals surface area contributed by atoms with Crippen LogP contribution in [0.15, 0.2) is 18.2 Å². The zero-order valence-electron chi connectivity index (χ0n) is 14.9. The van der Waals surface area contributed by atoms with Crippen LogP contribution in [0.5, 0.6) is 5.75 Å². The standard InChI is InChI=1S/C19H28N2O3.ClH/c1-14-6-7-15(18(10-14)24-16-4-2-3-5-16)12-21-19(22)11-17-13-20-8-9-23-17;/h6-7,10,16-17,20H,2-5,8-9,11-13H2,1H3,(H,21,22);1H. The maximum Gasteiger partial charge on any atom is 0.222 e. The summed E-state index contributed by atoms with van der Waals surface area (Å²) in [5.41, 5.74) is 2.23. The largest absolute Gasteiger partial charge is 0.490 e. The number of amides is 1. The minimum Gasteiger partial charge on any atom is -0.490 e. The molecule has 0 bridgehead atoms. The third-order valence-corrected chi connectivity index (χ3v) is 4.71. The molecule has 140 valence electrons. The molecule has 0 radical (unpaired) electrons. The number of ether oxygens (including phenoxy) is 2. The number of hydrogen-bond donors (Lipinski definition) is 2. The molecule has 1 aliphatic carbocycles. The molecule has 1 aliphatic heterocycles. The number of halogens is 1. The Morgan fingerprint density at radius 3 is 2.88 bits per heavy atom. The van der Waals surface area contributed by atoms with Crippen LogP contribution in [0.4, 0.5) is 0 Å². The average Bonchev–Trinajstić information content (AvgIpc) is 3.08. The zero-order chi connectivity index (χ0) is 16.8. The Bertz CT molecular complexity index is 556. The van der Waals surface area contributed by atoms with E-state index in [4.69, 9.17) is 9.47 Å². The zero-order valence-corrected chi connectivity index (χ0v) is 15.7. The van der Waals surface area contributed by atoms with Gasteiger partial charge in [0.15, 0.2) is 0 Å². The van der Waals surface area contributed by atoms with Crippen molar-refractivity contribution in [1.29, 1.82) is 0 Å². The van der Waals surface area contributed by atoms with Gasteiger partial charge in [0, 0.05) is 25.2 Å². The predicted octanol–water partition coefficient (Wildman–Crippen LogP) is 2.73. The topological polar surface area (TPSA) is 59.6 Å². The van der Waals surface area contributed by atoms with E-state index < -0.39 is 0 Å². The third-order valence-electron chi connectivity index (χ3n) is 4.71. The van der Waals surface area contributed by atoms with Gasteiger partial charge < -0.3 is 20.1 Å². The molecule has 1 amide bonds. The van der Waals surface area contributed by atoms with E-state index in [9.17, 15) is 4.79 Å². The summed E-state index contributed by atoms with van der Waals surface area (Å²) in [5.74, 6) is 0.939. The van der Waals surface area contributed by atoms with Crippen molar-refractivity contribution in [1.82, 2.24) is 10.6 Å². The fourth-order valence-corrected chi connectivity index (χ4v) is 3.33. The Hall–Kier alpha value is -1.30. The Morgan fingerprint density at radius 2 is 2.16 bits per heavy atom. The van der Waals surface area contributed by atoms with Crippen molar-refractivity contribution in [3.8, 4) is 5.75 Å². The summed E-state index contributed by atoms with van der Waals surface area (Å²) >= 11 is 0. The maximum atomic E-state index is 12.1. The van der Waals surface area contributed by atoms with Crippen molar-refractivity contribution in [2.75, 3.05) is 19.7 Å². The molecule has 0 spiro atoms. The van der Waals surface area contributed by atoms with Gasteiger partial charge in [-0.3, -0.25) is 4.79 Å². The van der Waals surface area contributed by atoms with E-state index >= 15 is 0 Å². The van der Waals surface area contributed by atoms with Crippen LogP contribution in [0, 0.1) is 6.92 Å². The highest BCUT2D eigenvalue weighted by molar-refractivity contribution is 5.85. The van der Waals surface area contributed by atoms with Crippen molar-refractivity contribution in [2.24, 2.45) is 0 Å². The van der Waals surface area contributed by atoms with Gasteiger partial charge in [0.05, 0.1) is 25.2 Å². The van der Waals surface area contributed by atoms with Crippen LogP contribution in [-0.2, 0) is 16.1 Å². The number of aryl methyl sites for hydroxylation is 1. The van der Waals surface area contributed by atoms with Gasteiger partial charge in [0.25, 0.3) is 0 Å². The van der Waals surface area contributed by atoms with Crippen LogP contribution in [0.1, 0.15) is 43.2 Å². The molecule has 1 aromatic carbocycles. The van der Waals surface area contributed by atoms with E-state index in [1.807, 2.05) is 0 Å². The first kappa shape index (κ1) is 20.0. The first-order valence-electron chi connectivity index (χ1n) is 9.06. The van der Waals surface area contributed by atoms with Crippen LogP contribution >= 0.6 is 12.4 Å². The normalized spacial score (nSPS) is 20.8. The second-order valence-corrected chi connectivity index (χ2v) is 6.81. The van der Waals surface area contributed by atoms with Crippen LogP contribution in [0.2, 0.25) is 0 Å². The van der Waals surface area contributed by atoms with Gasteiger partial charge in [-0.05, 0) is 44.2 Å². The molecule has 6 heteroatoms. The maximum absolute atomic E-state index is 12.1. The summed E-state index contributed by atoms with van der Waals surface area (Å²) in [4.78, 5) is 12.1. The first-order valence-corrected chi connectivity index (χ1v) is 9.06. The summed E-state index contributed by atoms with van der Waals surface area (Å²) in [7, 11) is 0. The second-order valence-electron chi connectivity index (χ2n) is 6.81. The van der Waals surface area contributed by atoms with Gasteiger partial charge in [-0.2, -0.15) is 0 Å². The minimum atomic E-state index is -0.0222. The summed E-state index contributed by atoms with van der Waals surface area (Å²) in [5, 5.41) is 6.25. The summed E-state index contributed by atoms with van der Waals surface area (Å²) in [6, 6.07) is 6.20.